The third-order valence-electron chi connectivity index (χ3n) is 3.20. The standard InChI is InChI=1S/C14H19F3N2O3/c1-9(8-20)19(3)13(21)18-10(2)11-4-6-12(7-5-11)22-14(15,16)17/h4-7,9-10,20H,8H2,1-3H3,(H,18,21). The van der Waals surface area contributed by atoms with Crippen molar-refractivity contribution in [3.05, 3.63) is 29.8 Å². The average molecular weight is 320 g/mol. The van der Waals surface area contributed by atoms with E-state index >= 15 is 0 Å². The zero-order chi connectivity index (χ0) is 16.9. The van der Waals surface area contributed by atoms with Crippen LogP contribution in [0.4, 0.5) is 18.0 Å². The maximum absolute atomic E-state index is 12.1. The van der Waals surface area contributed by atoms with Gasteiger partial charge in [-0.25, -0.2) is 4.79 Å². The molecule has 0 bridgehead atoms. The molecule has 0 spiro atoms. The number of amides is 2. The first-order valence-corrected chi connectivity index (χ1v) is 6.64. The van der Waals surface area contributed by atoms with Crippen molar-refractivity contribution in [1.82, 2.24) is 10.2 Å². The number of nitrogens with one attached hydrogen (secondary N) is 1. The number of alkyl halides is 3. The van der Waals surface area contributed by atoms with Gasteiger partial charge in [0.05, 0.1) is 18.7 Å². The molecule has 0 saturated carbocycles. The van der Waals surface area contributed by atoms with Gasteiger partial charge in [0.1, 0.15) is 5.75 Å². The van der Waals surface area contributed by atoms with Crippen molar-refractivity contribution < 1.29 is 27.8 Å². The summed E-state index contributed by atoms with van der Waals surface area (Å²) in [7, 11) is 1.54. The first kappa shape index (κ1) is 18.1. The van der Waals surface area contributed by atoms with Crippen LogP contribution in [-0.2, 0) is 0 Å². The molecular formula is C14H19F3N2O3. The molecule has 22 heavy (non-hydrogen) atoms. The molecule has 2 N–H and O–H groups in total. The van der Waals surface area contributed by atoms with Gasteiger partial charge in [-0.3, -0.25) is 0 Å². The Morgan fingerprint density at radius 1 is 1.32 bits per heavy atom. The number of benzene rings is 1. The van der Waals surface area contributed by atoms with E-state index < -0.39 is 12.4 Å². The first-order chi connectivity index (χ1) is 10.1. The zero-order valence-electron chi connectivity index (χ0n) is 12.5. The molecule has 0 aliphatic heterocycles. The fraction of sp³-hybridized carbons (Fsp3) is 0.500. The number of carbonyl (C=O) groups excluding carboxylic acids is 1. The van der Waals surface area contributed by atoms with Crippen LogP contribution in [0.3, 0.4) is 0 Å². The Morgan fingerprint density at radius 2 is 1.86 bits per heavy atom. The molecule has 5 nitrogen and oxygen atoms in total. The van der Waals surface area contributed by atoms with Crippen LogP contribution in [0.25, 0.3) is 0 Å². The van der Waals surface area contributed by atoms with Crippen molar-refractivity contribution in [2.75, 3.05) is 13.7 Å². The van der Waals surface area contributed by atoms with Gasteiger partial charge in [-0.1, -0.05) is 12.1 Å². The largest absolute Gasteiger partial charge is 0.573 e. The molecule has 0 aliphatic rings. The summed E-state index contributed by atoms with van der Waals surface area (Å²) in [5.74, 6) is -0.319. The summed E-state index contributed by atoms with van der Waals surface area (Å²) in [5.41, 5.74) is 0.632. The van der Waals surface area contributed by atoms with Crippen molar-refractivity contribution in [1.29, 1.82) is 0 Å². The van der Waals surface area contributed by atoms with Crippen LogP contribution in [0.5, 0.6) is 5.75 Å². The topological polar surface area (TPSA) is 61.8 Å². The number of likely N-dealkylation sites (N-methyl/N-ethyl adjacent to an activating group) is 1. The number of hydrogen-bond acceptors (Lipinski definition) is 3. The monoisotopic (exact) mass is 320 g/mol. The lowest BCUT2D eigenvalue weighted by Gasteiger charge is -2.25. The average Bonchev–Trinajstić information content (AvgIpc) is 2.44. The van der Waals surface area contributed by atoms with Crippen LogP contribution in [0.15, 0.2) is 24.3 Å². The van der Waals surface area contributed by atoms with Gasteiger partial charge < -0.3 is 20.1 Å². The van der Waals surface area contributed by atoms with Gasteiger partial charge >= 0.3 is 12.4 Å². The minimum Gasteiger partial charge on any atom is -0.406 e. The molecule has 2 amide bonds. The van der Waals surface area contributed by atoms with Gasteiger partial charge in [-0.05, 0) is 31.5 Å². The molecule has 124 valence electrons. The summed E-state index contributed by atoms with van der Waals surface area (Å²) >= 11 is 0. The summed E-state index contributed by atoms with van der Waals surface area (Å²) in [6.45, 7) is 3.23. The highest BCUT2D eigenvalue weighted by molar-refractivity contribution is 5.74. The van der Waals surface area contributed by atoms with Crippen LogP contribution in [0.2, 0.25) is 0 Å². The van der Waals surface area contributed by atoms with Crippen molar-refractivity contribution in [3.63, 3.8) is 0 Å². The number of urea groups is 1. The van der Waals surface area contributed by atoms with Crippen LogP contribution in [-0.4, -0.2) is 42.1 Å². The molecule has 8 heteroatoms. The number of halogens is 3. The summed E-state index contributed by atoms with van der Waals surface area (Å²) in [5, 5.41) is 11.7. The molecule has 1 aromatic carbocycles. The SMILES string of the molecule is CC(NC(=O)N(C)C(C)CO)c1ccc(OC(F)(F)F)cc1. The van der Waals surface area contributed by atoms with Crippen LogP contribution in [0, 0.1) is 0 Å². The summed E-state index contributed by atoms with van der Waals surface area (Å²) in [6, 6.07) is 4.14. The molecule has 0 aliphatic carbocycles. The predicted octanol–water partition coefficient (Wildman–Crippen LogP) is 2.67. The highest BCUT2D eigenvalue weighted by Gasteiger charge is 2.31. The van der Waals surface area contributed by atoms with Crippen molar-refractivity contribution in [2.45, 2.75) is 32.3 Å². The minimum atomic E-state index is -4.73. The van der Waals surface area contributed by atoms with Crippen LogP contribution in [0.1, 0.15) is 25.5 Å². The van der Waals surface area contributed by atoms with Crippen LogP contribution < -0.4 is 10.1 Å². The zero-order valence-corrected chi connectivity index (χ0v) is 12.5. The number of nitrogens with zero attached hydrogens (tertiary/aromatic N) is 1. The molecule has 0 fully saturated rings. The van der Waals surface area contributed by atoms with E-state index in [1.165, 1.54) is 29.2 Å². The second kappa shape index (κ2) is 7.35. The van der Waals surface area contributed by atoms with E-state index in [0.717, 1.165) is 0 Å². The van der Waals surface area contributed by atoms with Crippen molar-refractivity contribution in [3.8, 4) is 5.75 Å². The van der Waals surface area contributed by atoms with Gasteiger partial charge in [0, 0.05) is 7.05 Å². The second-order valence-corrected chi connectivity index (χ2v) is 4.93. The van der Waals surface area contributed by atoms with Gasteiger partial charge in [-0.2, -0.15) is 0 Å². The maximum Gasteiger partial charge on any atom is 0.573 e. The van der Waals surface area contributed by atoms with E-state index in [0.29, 0.717) is 5.56 Å². The van der Waals surface area contributed by atoms with Gasteiger partial charge in [-0.15, -0.1) is 13.2 Å². The number of carbonyl (C=O) groups is 1. The number of hydrogen-bond donors (Lipinski definition) is 2. The summed E-state index contributed by atoms with van der Waals surface area (Å²) in [4.78, 5) is 13.3. The first-order valence-electron chi connectivity index (χ1n) is 6.64. The number of ether oxygens (including phenoxy) is 1. The van der Waals surface area contributed by atoms with Crippen molar-refractivity contribution in [2.24, 2.45) is 0 Å². The predicted molar refractivity (Wildman–Crippen MR) is 74.4 cm³/mol. The quantitative estimate of drug-likeness (QED) is 0.877. The van der Waals surface area contributed by atoms with Gasteiger partial charge in [0.2, 0.25) is 0 Å². The number of aliphatic hydroxyl groups excluding tert-OH is 1. The number of rotatable bonds is 5. The van der Waals surface area contributed by atoms with Crippen molar-refractivity contribution >= 4 is 6.03 Å². The molecule has 2 unspecified atom stereocenters. The molecule has 0 heterocycles. The highest BCUT2D eigenvalue weighted by atomic mass is 19.4. The fourth-order valence-corrected chi connectivity index (χ4v) is 1.65. The lowest BCUT2D eigenvalue weighted by molar-refractivity contribution is -0.274. The normalized spacial score (nSPS) is 14.1. The van der Waals surface area contributed by atoms with Gasteiger partial charge in [0.15, 0.2) is 0 Å². The van der Waals surface area contributed by atoms with E-state index in [1.807, 2.05) is 0 Å². The Morgan fingerprint density at radius 3 is 2.32 bits per heavy atom. The van der Waals surface area contributed by atoms with E-state index in [9.17, 15) is 18.0 Å². The molecule has 1 aromatic rings. The third kappa shape index (κ3) is 5.44. The molecule has 0 saturated heterocycles. The molecule has 0 aromatic heterocycles. The maximum atomic E-state index is 12.1. The Balaban J connectivity index is 2.66. The van der Waals surface area contributed by atoms with E-state index in [4.69, 9.17) is 5.11 Å². The Hall–Kier alpha value is -1.96. The fourth-order valence-electron chi connectivity index (χ4n) is 1.65. The van der Waals surface area contributed by atoms with Gasteiger partial charge in [0.25, 0.3) is 0 Å². The Kier molecular flexibility index (Phi) is 6.04. The Bertz CT molecular complexity index is 491. The van der Waals surface area contributed by atoms with E-state index in [2.05, 4.69) is 10.1 Å². The Labute approximate surface area is 126 Å². The van der Waals surface area contributed by atoms with E-state index in [-0.39, 0.29) is 24.4 Å². The second-order valence-electron chi connectivity index (χ2n) is 4.93. The van der Waals surface area contributed by atoms with E-state index in [1.54, 1.807) is 20.9 Å². The van der Waals surface area contributed by atoms with Crippen LogP contribution >= 0.6 is 0 Å². The smallest absolute Gasteiger partial charge is 0.406 e. The lowest BCUT2D eigenvalue weighted by atomic mass is 10.1. The summed E-state index contributed by atoms with van der Waals surface area (Å²) < 4.78 is 40.0. The summed E-state index contributed by atoms with van der Waals surface area (Å²) in [6.07, 6.45) is -4.73. The molecule has 1 rings (SSSR count). The lowest BCUT2D eigenvalue weighted by Crippen LogP contribution is -2.44. The molecule has 2 atom stereocenters. The highest BCUT2D eigenvalue weighted by Crippen LogP contribution is 2.24. The minimum absolute atomic E-state index is 0.165. The third-order valence-corrected chi connectivity index (χ3v) is 3.20. The molecule has 0 radical (unpaired) electrons. The number of aliphatic hydroxyl groups is 1. The molecular weight excluding hydrogens is 301 g/mol.